The van der Waals surface area contributed by atoms with Crippen molar-refractivity contribution in [3.8, 4) is 11.3 Å². The molecule has 2 rings (SSSR count). The Labute approximate surface area is 85.8 Å². The maximum Gasteiger partial charge on any atom is 0.358 e. The van der Waals surface area contributed by atoms with Gasteiger partial charge in [0.15, 0.2) is 5.69 Å². The summed E-state index contributed by atoms with van der Waals surface area (Å²) >= 11 is 0. The van der Waals surface area contributed by atoms with Gasteiger partial charge in [-0.15, -0.1) is 5.10 Å². The van der Waals surface area contributed by atoms with Crippen LogP contribution in [0.15, 0.2) is 24.3 Å². The predicted octanol–water partition coefficient (Wildman–Crippen LogP) is 1.48. The minimum atomic E-state index is -1.08. The van der Waals surface area contributed by atoms with Crippen molar-refractivity contribution in [2.45, 2.75) is 6.92 Å². The van der Waals surface area contributed by atoms with Gasteiger partial charge in [0.05, 0.1) is 0 Å². The van der Waals surface area contributed by atoms with Gasteiger partial charge in [-0.05, 0) is 12.5 Å². The number of nitrogens with zero attached hydrogens (tertiary/aromatic N) is 2. The van der Waals surface area contributed by atoms with Crippen LogP contribution in [-0.2, 0) is 0 Å². The van der Waals surface area contributed by atoms with Crippen molar-refractivity contribution in [3.05, 3.63) is 35.5 Å². The van der Waals surface area contributed by atoms with Crippen LogP contribution in [0.4, 0.5) is 0 Å². The summed E-state index contributed by atoms with van der Waals surface area (Å²) in [6.07, 6.45) is 0. The maximum atomic E-state index is 10.8. The molecule has 0 aliphatic rings. The second-order valence-electron chi connectivity index (χ2n) is 3.16. The number of rotatable bonds is 2. The van der Waals surface area contributed by atoms with Crippen molar-refractivity contribution in [2.24, 2.45) is 0 Å². The topological polar surface area (TPSA) is 78.9 Å². The van der Waals surface area contributed by atoms with Crippen molar-refractivity contribution in [1.29, 1.82) is 0 Å². The summed E-state index contributed by atoms with van der Waals surface area (Å²) in [5.74, 6) is -1.08. The predicted molar refractivity (Wildman–Crippen MR) is 53.5 cm³/mol. The van der Waals surface area contributed by atoms with E-state index in [1.807, 2.05) is 31.2 Å². The zero-order valence-electron chi connectivity index (χ0n) is 8.06. The van der Waals surface area contributed by atoms with Crippen LogP contribution in [0.1, 0.15) is 16.1 Å². The third kappa shape index (κ3) is 1.59. The summed E-state index contributed by atoms with van der Waals surface area (Å²) in [7, 11) is 0. The molecule has 1 heterocycles. The first-order chi connectivity index (χ1) is 7.20. The lowest BCUT2D eigenvalue weighted by Gasteiger charge is -2.02. The van der Waals surface area contributed by atoms with E-state index in [-0.39, 0.29) is 5.69 Å². The van der Waals surface area contributed by atoms with Crippen molar-refractivity contribution in [3.63, 3.8) is 0 Å². The maximum absolute atomic E-state index is 10.8. The first kappa shape index (κ1) is 9.39. The van der Waals surface area contributed by atoms with E-state index in [4.69, 9.17) is 5.11 Å². The Hall–Kier alpha value is -2.17. The zero-order chi connectivity index (χ0) is 10.8. The minimum absolute atomic E-state index is 0.0516. The molecule has 5 heteroatoms. The fraction of sp³-hybridized carbons (Fsp3) is 0.100. The van der Waals surface area contributed by atoms with E-state index in [0.717, 1.165) is 11.1 Å². The first-order valence-electron chi connectivity index (χ1n) is 4.40. The van der Waals surface area contributed by atoms with E-state index < -0.39 is 5.97 Å². The Morgan fingerprint density at radius 3 is 2.80 bits per heavy atom. The number of hydrogen-bond acceptors (Lipinski definition) is 3. The van der Waals surface area contributed by atoms with Crippen LogP contribution < -0.4 is 0 Å². The number of aryl methyl sites for hydroxylation is 1. The molecule has 2 aromatic rings. The summed E-state index contributed by atoms with van der Waals surface area (Å²) in [6, 6.07) is 7.47. The van der Waals surface area contributed by atoms with Gasteiger partial charge < -0.3 is 5.11 Å². The first-order valence-corrected chi connectivity index (χ1v) is 4.40. The number of aromatic amines is 1. The van der Waals surface area contributed by atoms with Crippen LogP contribution in [0.2, 0.25) is 0 Å². The number of hydrogen-bond donors (Lipinski definition) is 2. The summed E-state index contributed by atoms with van der Waals surface area (Å²) in [4.78, 5) is 10.8. The van der Waals surface area contributed by atoms with Crippen molar-refractivity contribution in [1.82, 2.24) is 15.4 Å². The number of benzene rings is 1. The highest BCUT2D eigenvalue weighted by molar-refractivity contribution is 5.92. The Bertz CT molecular complexity index is 505. The Kier molecular flexibility index (Phi) is 2.21. The molecule has 0 amide bonds. The standard InChI is InChI=1S/C10H9N3O2/c1-6-4-2-3-5-7(6)8-9(10(14)15)12-13-11-8/h2-5H,1H3,(H,14,15)(H,11,12,13). The average Bonchev–Trinajstić information content (AvgIpc) is 2.67. The van der Waals surface area contributed by atoms with Gasteiger partial charge in [0, 0.05) is 5.56 Å². The van der Waals surface area contributed by atoms with E-state index in [0.29, 0.717) is 5.69 Å². The van der Waals surface area contributed by atoms with Crippen molar-refractivity contribution >= 4 is 5.97 Å². The lowest BCUT2D eigenvalue weighted by atomic mass is 10.0. The fourth-order valence-electron chi connectivity index (χ4n) is 1.42. The molecule has 0 bridgehead atoms. The van der Waals surface area contributed by atoms with Crippen LogP contribution >= 0.6 is 0 Å². The van der Waals surface area contributed by atoms with Gasteiger partial charge in [0.2, 0.25) is 0 Å². The highest BCUT2D eigenvalue weighted by Gasteiger charge is 2.16. The molecule has 5 nitrogen and oxygen atoms in total. The molecule has 0 saturated heterocycles. The van der Waals surface area contributed by atoms with E-state index >= 15 is 0 Å². The molecule has 0 fully saturated rings. The normalized spacial score (nSPS) is 10.2. The minimum Gasteiger partial charge on any atom is -0.476 e. The number of aromatic carboxylic acids is 1. The van der Waals surface area contributed by atoms with Crippen LogP contribution in [0.5, 0.6) is 0 Å². The fourth-order valence-corrected chi connectivity index (χ4v) is 1.42. The molecule has 0 saturated carbocycles. The molecular weight excluding hydrogens is 194 g/mol. The summed E-state index contributed by atoms with van der Waals surface area (Å²) in [5.41, 5.74) is 2.18. The number of carboxylic acids is 1. The van der Waals surface area contributed by atoms with Gasteiger partial charge >= 0.3 is 5.97 Å². The van der Waals surface area contributed by atoms with E-state index in [1.54, 1.807) is 0 Å². The third-order valence-electron chi connectivity index (χ3n) is 2.17. The summed E-state index contributed by atoms with van der Waals surface area (Å²) in [5, 5.41) is 18.5. The number of carboxylic acid groups (broad SMARTS) is 1. The van der Waals surface area contributed by atoms with Crippen LogP contribution in [0, 0.1) is 6.92 Å². The number of nitrogens with one attached hydrogen (secondary N) is 1. The highest BCUT2D eigenvalue weighted by atomic mass is 16.4. The van der Waals surface area contributed by atoms with Crippen LogP contribution in [0.25, 0.3) is 11.3 Å². The molecular formula is C10H9N3O2. The monoisotopic (exact) mass is 203 g/mol. The van der Waals surface area contributed by atoms with Crippen LogP contribution in [0.3, 0.4) is 0 Å². The molecule has 0 aliphatic carbocycles. The SMILES string of the molecule is Cc1ccccc1-c1[nH]nnc1C(=O)O. The number of aromatic nitrogens is 3. The third-order valence-corrected chi connectivity index (χ3v) is 2.17. The van der Waals surface area contributed by atoms with Crippen molar-refractivity contribution in [2.75, 3.05) is 0 Å². The Morgan fingerprint density at radius 1 is 1.40 bits per heavy atom. The summed E-state index contributed by atoms with van der Waals surface area (Å²) in [6.45, 7) is 1.90. The van der Waals surface area contributed by atoms with E-state index in [9.17, 15) is 4.79 Å². The smallest absolute Gasteiger partial charge is 0.358 e. The molecule has 2 N–H and O–H groups in total. The number of H-pyrrole nitrogens is 1. The van der Waals surface area contributed by atoms with Gasteiger partial charge in [-0.25, -0.2) is 4.79 Å². The molecule has 0 unspecified atom stereocenters. The molecule has 0 spiro atoms. The zero-order valence-corrected chi connectivity index (χ0v) is 8.06. The highest BCUT2D eigenvalue weighted by Crippen LogP contribution is 2.22. The second kappa shape index (κ2) is 3.53. The molecule has 76 valence electrons. The van der Waals surface area contributed by atoms with E-state index in [2.05, 4.69) is 15.4 Å². The molecule has 1 aromatic carbocycles. The molecule has 1 aromatic heterocycles. The van der Waals surface area contributed by atoms with Gasteiger partial charge in [0.25, 0.3) is 0 Å². The van der Waals surface area contributed by atoms with Gasteiger partial charge in [-0.1, -0.05) is 29.5 Å². The average molecular weight is 203 g/mol. The second-order valence-corrected chi connectivity index (χ2v) is 3.16. The quantitative estimate of drug-likeness (QED) is 0.774. The molecule has 0 radical (unpaired) electrons. The molecule has 0 atom stereocenters. The van der Waals surface area contributed by atoms with E-state index in [1.165, 1.54) is 0 Å². The Morgan fingerprint density at radius 2 is 2.13 bits per heavy atom. The summed E-state index contributed by atoms with van der Waals surface area (Å²) < 4.78 is 0. The largest absolute Gasteiger partial charge is 0.476 e. The van der Waals surface area contributed by atoms with Crippen molar-refractivity contribution < 1.29 is 9.90 Å². The van der Waals surface area contributed by atoms with Gasteiger partial charge in [-0.3, -0.25) is 5.10 Å². The van der Waals surface area contributed by atoms with Gasteiger partial charge in [0.1, 0.15) is 5.69 Å². The molecule has 0 aliphatic heterocycles. The Balaban J connectivity index is 2.59. The van der Waals surface area contributed by atoms with Crippen LogP contribution in [-0.4, -0.2) is 26.5 Å². The lowest BCUT2D eigenvalue weighted by molar-refractivity contribution is 0.0691. The molecule has 15 heavy (non-hydrogen) atoms. The number of carbonyl (C=O) groups is 1. The lowest BCUT2D eigenvalue weighted by Crippen LogP contribution is -1.99. The van der Waals surface area contributed by atoms with Gasteiger partial charge in [-0.2, -0.15) is 0 Å².